The lowest BCUT2D eigenvalue weighted by Gasteiger charge is -2.38. The minimum Gasteiger partial charge on any atom is -0.367 e. The first kappa shape index (κ1) is 14.5. The molecular weight excluding hydrogens is 240 g/mol. The van der Waals surface area contributed by atoms with Crippen molar-refractivity contribution in [3.05, 3.63) is 0 Å². The van der Waals surface area contributed by atoms with Crippen LogP contribution in [0.5, 0.6) is 0 Å². The van der Waals surface area contributed by atoms with Gasteiger partial charge in [0.2, 0.25) is 5.91 Å². The first-order valence-electron chi connectivity index (χ1n) is 7.51. The van der Waals surface area contributed by atoms with Gasteiger partial charge in [-0.25, -0.2) is 0 Å². The monoisotopic (exact) mass is 266 g/mol. The van der Waals surface area contributed by atoms with E-state index >= 15 is 0 Å². The van der Waals surface area contributed by atoms with E-state index in [0.29, 0.717) is 6.61 Å². The molecule has 4 nitrogen and oxygen atoms in total. The number of amidine groups is 1. The number of aliphatic imine (C=N–C) groups is 1. The molecule has 19 heavy (non-hydrogen) atoms. The smallest absolute Gasteiger partial charge is 0.250 e. The molecule has 0 aromatic carbocycles. The molecule has 1 amide bonds. The summed E-state index contributed by atoms with van der Waals surface area (Å²) >= 11 is 0. The van der Waals surface area contributed by atoms with Crippen LogP contribution in [0.15, 0.2) is 4.99 Å². The molecule has 108 valence electrons. The molecule has 1 fully saturated rings. The normalized spacial score (nSPS) is 35.4. The fourth-order valence-electron chi connectivity index (χ4n) is 3.06. The molecule has 0 aromatic rings. The summed E-state index contributed by atoms with van der Waals surface area (Å²) < 4.78 is 6.03. The summed E-state index contributed by atoms with van der Waals surface area (Å²) in [6.07, 6.45) is 4.21. The van der Waals surface area contributed by atoms with Crippen molar-refractivity contribution in [2.75, 3.05) is 6.61 Å². The van der Waals surface area contributed by atoms with Crippen LogP contribution in [-0.2, 0) is 9.53 Å². The van der Waals surface area contributed by atoms with Crippen molar-refractivity contribution in [3.8, 4) is 0 Å². The van der Waals surface area contributed by atoms with Gasteiger partial charge >= 0.3 is 0 Å². The Morgan fingerprint density at radius 2 is 2.05 bits per heavy atom. The Labute approximate surface area is 116 Å². The summed E-state index contributed by atoms with van der Waals surface area (Å²) in [5.74, 6) is 1.79. The van der Waals surface area contributed by atoms with E-state index in [1.54, 1.807) is 0 Å². The van der Waals surface area contributed by atoms with E-state index in [1.165, 1.54) is 0 Å². The van der Waals surface area contributed by atoms with Gasteiger partial charge in [-0.2, -0.15) is 0 Å². The largest absolute Gasteiger partial charge is 0.367 e. The van der Waals surface area contributed by atoms with Crippen LogP contribution in [0.4, 0.5) is 0 Å². The van der Waals surface area contributed by atoms with Crippen LogP contribution in [0.25, 0.3) is 0 Å². The van der Waals surface area contributed by atoms with E-state index in [1.807, 2.05) is 20.8 Å². The van der Waals surface area contributed by atoms with E-state index in [9.17, 15) is 4.79 Å². The zero-order chi connectivity index (χ0) is 14.0. The van der Waals surface area contributed by atoms with Crippen LogP contribution in [0, 0.1) is 11.8 Å². The average Bonchev–Trinajstić information content (AvgIpc) is 2.75. The maximum absolute atomic E-state index is 12.0. The van der Waals surface area contributed by atoms with Gasteiger partial charge < -0.3 is 10.1 Å². The summed E-state index contributed by atoms with van der Waals surface area (Å²) in [6.45, 7) is 9.02. The lowest BCUT2D eigenvalue weighted by molar-refractivity contribution is -0.121. The molecule has 0 spiro atoms. The highest BCUT2D eigenvalue weighted by atomic mass is 16.5. The Hall–Kier alpha value is -0.900. The fraction of sp³-hybridized carbons (Fsp3) is 0.867. The maximum atomic E-state index is 12.0. The van der Waals surface area contributed by atoms with E-state index in [-0.39, 0.29) is 23.5 Å². The van der Waals surface area contributed by atoms with Crippen molar-refractivity contribution >= 4 is 11.7 Å². The topological polar surface area (TPSA) is 50.7 Å². The number of ether oxygens (including phenoxy) is 1. The quantitative estimate of drug-likeness (QED) is 0.850. The van der Waals surface area contributed by atoms with Crippen molar-refractivity contribution in [2.24, 2.45) is 16.8 Å². The molecule has 1 aliphatic heterocycles. The van der Waals surface area contributed by atoms with Gasteiger partial charge in [-0.15, -0.1) is 0 Å². The molecule has 1 saturated carbocycles. The number of carbonyl (C=O) groups is 1. The minimum atomic E-state index is -0.347. The number of nitrogens with one attached hydrogen (secondary N) is 1. The lowest BCUT2D eigenvalue weighted by atomic mass is 9.78. The van der Waals surface area contributed by atoms with Crippen molar-refractivity contribution in [1.82, 2.24) is 5.32 Å². The standard InChI is InChI=1S/C15H26N2O2/c1-5-19-15(8-6-11(4)7-9-15)14-16-12(10(2)3)13(18)17-14/h10-12H,5-9H2,1-4H3,(H,16,17,18). The van der Waals surface area contributed by atoms with E-state index < -0.39 is 0 Å². The SMILES string of the molecule is CCOC1(C2=NC(C(C)C)C(=O)N2)CCC(C)CC1. The molecule has 4 heteroatoms. The highest BCUT2D eigenvalue weighted by Crippen LogP contribution is 2.36. The molecule has 0 bridgehead atoms. The second-order valence-corrected chi connectivity index (χ2v) is 6.27. The van der Waals surface area contributed by atoms with Gasteiger partial charge in [0.05, 0.1) is 0 Å². The maximum Gasteiger partial charge on any atom is 0.250 e. The summed E-state index contributed by atoms with van der Waals surface area (Å²) in [5.41, 5.74) is -0.347. The summed E-state index contributed by atoms with van der Waals surface area (Å²) in [5, 5.41) is 2.98. The Morgan fingerprint density at radius 3 is 2.53 bits per heavy atom. The Morgan fingerprint density at radius 1 is 1.42 bits per heavy atom. The average molecular weight is 266 g/mol. The van der Waals surface area contributed by atoms with E-state index in [0.717, 1.165) is 37.4 Å². The number of carbonyl (C=O) groups excluding carboxylic acids is 1. The van der Waals surface area contributed by atoms with Crippen molar-refractivity contribution in [2.45, 2.75) is 65.0 Å². The third-order valence-electron chi connectivity index (χ3n) is 4.34. The van der Waals surface area contributed by atoms with Crippen molar-refractivity contribution in [1.29, 1.82) is 0 Å². The highest BCUT2D eigenvalue weighted by molar-refractivity contribution is 6.09. The molecule has 0 aromatic heterocycles. The molecular formula is C15H26N2O2. The highest BCUT2D eigenvalue weighted by Gasteiger charge is 2.44. The van der Waals surface area contributed by atoms with Gasteiger partial charge in [0.15, 0.2) is 0 Å². The van der Waals surface area contributed by atoms with E-state index in [4.69, 9.17) is 4.74 Å². The number of hydrogen-bond acceptors (Lipinski definition) is 3. The number of rotatable bonds is 4. The van der Waals surface area contributed by atoms with Gasteiger partial charge in [-0.3, -0.25) is 9.79 Å². The van der Waals surface area contributed by atoms with Crippen LogP contribution < -0.4 is 5.32 Å². The minimum absolute atomic E-state index is 0.0303. The predicted molar refractivity (Wildman–Crippen MR) is 76.2 cm³/mol. The first-order valence-corrected chi connectivity index (χ1v) is 7.51. The van der Waals surface area contributed by atoms with Gasteiger partial charge in [0.25, 0.3) is 0 Å². The molecule has 0 saturated heterocycles. The third-order valence-corrected chi connectivity index (χ3v) is 4.34. The second kappa shape index (κ2) is 5.61. The van der Waals surface area contributed by atoms with Gasteiger partial charge in [0, 0.05) is 6.61 Å². The van der Waals surface area contributed by atoms with Crippen molar-refractivity contribution in [3.63, 3.8) is 0 Å². The van der Waals surface area contributed by atoms with Crippen LogP contribution in [0.2, 0.25) is 0 Å². The van der Waals surface area contributed by atoms with Gasteiger partial charge in [0.1, 0.15) is 17.5 Å². The molecule has 1 heterocycles. The zero-order valence-corrected chi connectivity index (χ0v) is 12.5. The Kier molecular flexibility index (Phi) is 4.29. The summed E-state index contributed by atoms with van der Waals surface area (Å²) in [6, 6.07) is -0.244. The van der Waals surface area contributed by atoms with E-state index in [2.05, 4.69) is 17.2 Å². The summed E-state index contributed by atoms with van der Waals surface area (Å²) in [4.78, 5) is 16.6. The predicted octanol–water partition coefficient (Wildman–Crippen LogP) is 2.52. The molecule has 1 atom stereocenters. The molecule has 1 N–H and O–H groups in total. The van der Waals surface area contributed by atoms with Crippen LogP contribution in [-0.4, -0.2) is 30.0 Å². The van der Waals surface area contributed by atoms with Crippen LogP contribution in [0.1, 0.15) is 53.4 Å². The fourth-order valence-corrected chi connectivity index (χ4v) is 3.06. The summed E-state index contributed by atoms with van der Waals surface area (Å²) in [7, 11) is 0. The number of hydrogen-bond donors (Lipinski definition) is 1. The molecule has 0 radical (unpaired) electrons. The van der Waals surface area contributed by atoms with Gasteiger partial charge in [-0.1, -0.05) is 20.8 Å². The van der Waals surface area contributed by atoms with Crippen LogP contribution >= 0.6 is 0 Å². The zero-order valence-electron chi connectivity index (χ0n) is 12.5. The number of nitrogens with zero attached hydrogens (tertiary/aromatic N) is 1. The first-order chi connectivity index (χ1) is 8.98. The third kappa shape index (κ3) is 2.83. The van der Waals surface area contributed by atoms with Gasteiger partial charge in [-0.05, 0) is 44.4 Å². The van der Waals surface area contributed by atoms with Crippen LogP contribution in [0.3, 0.4) is 0 Å². The van der Waals surface area contributed by atoms with Crippen molar-refractivity contribution < 1.29 is 9.53 Å². The Balaban J connectivity index is 2.20. The second-order valence-electron chi connectivity index (χ2n) is 6.27. The lowest BCUT2D eigenvalue weighted by Crippen LogP contribution is -2.50. The Bertz CT molecular complexity index is 368. The molecule has 2 rings (SSSR count). The molecule has 1 aliphatic carbocycles. The molecule has 1 unspecified atom stereocenters. The molecule has 2 aliphatic rings. The number of amides is 1.